The molecule has 0 aliphatic rings. The van der Waals surface area contributed by atoms with Crippen LogP contribution in [0.5, 0.6) is 0 Å². The standard InChI is InChI=1S/C15H30O2/c1-13(2,3)11-15(7,14(4,5)6)12(17)9-8-10-16/h16H,8-11H2,1-7H3. The van der Waals surface area contributed by atoms with Gasteiger partial charge in [0.05, 0.1) is 0 Å². The van der Waals surface area contributed by atoms with Crippen LogP contribution in [0.1, 0.15) is 67.7 Å². The van der Waals surface area contributed by atoms with Crippen molar-refractivity contribution in [2.45, 2.75) is 67.7 Å². The van der Waals surface area contributed by atoms with Crippen LogP contribution in [0.3, 0.4) is 0 Å². The molecular formula is C15H30O2. The molecule has 2 heteroatoms. The highest BCUT2D eigenvalue weighted by Gasteiger charge is 2.45. The minimum absolute atomic E-state index is 0.0488. The first kappa shape index (κ1) is 16.6. The van der Waals surface area contributed by atoms with Gasteiger partial charge in [-0.05, 0) is 23.7 Å². The molecule has 0 aromatic carbocycles. The molecular weight excluding hydrogens is 212 g/mol. The summed E-state index contributed by atoms with van der Waals surface area (Å²) in [5, 5.41) is 8.86. The molecule has 1 unspecified atom stereocenters. The van der Waals surface area contributed by atoms with E-state index in [1.54, 1.807) is 0 Å². The third-order valence-corrected chi connectivity index (χ3v) is 3.72. The monoisotopic (exact) mass is 242 g/mol. The van der Waals surface area contributed by atoms with Gasteiger partial charge in [0.15, 0.2) is 0 Å². The Morgan fingerprint density at radius 2 is 1.47 bits per heavy atom. The molecule has 1 N–H and O–H groups in total. The van der Waals surface area contributed by atoms with E-state index in [-0.39, 0.29) is 28.6 Å². The fraction of sp³-hybridized carbons (Fsp3) is 0.933. The van der Waals surface area contributed by atoms with Gasteiger partial charge in [0.1, 0.15) is 5.78 Å². The second-order valence-electron chi connectivity index (χ2n) is 7.57. The Kier molecular flexibility index (Phi) is 5.39. The normalized spacial score (nSPS) is 16.7. The molecule has 1 atom stereocenters. The maximum absolute atomic E-state index is 12.4. The van der Waals surface area contributed by atoms with Crippen molar-refractivity contribution in [1.29, 1.82) is 0 Å². The molecule has 2 nitrogen and oxygen atoms in total. The molecule has 0 amide bonds. The van der Waals surface area contributed by atoms with E-state index in [4.69, 9.17) is 5.11 Å². The van der Waals surface area contributed by atoms with Crippen molar-refractivity contribution in [3.63, 3.8) is 0 Å². The molecule has 0 radical (unpaired) electrons. The van der Waals surface area contributed by atoms with Gasteiger partial charge >= 0.3 is 0 Å². The van der Waals surface area contributed by atoms with E-state index in [2.05, 4.69) is 48.5 Å². The van der Waals surface area contributed by atoms with Gasteiger partial charge in [-0.2, -0.15) is 0 Å². The van der Waals surface area contributed by atoms with E-state index in [0.717, 1.165) is 6.42 Å². The number of carbonyl (C=O) groups excluding carboxylic acids is 1. The summed E-state index contributed by atoms with van der Waals surface area (Å²) >= 11 is 0. The molecule has 0 aliphatic carbocycles. The second-order valence-corrected chi connectivity index (χ2v) is 7.57. The lowest BCUT2D eigenvalue weighted by molar-refractivity contribution is -0.136. The van der Waals surface area contributed by atoms with Crippen LogP contribution in [0, 0.1) is 16.2 Å². The topological polar surface area (TPSA) is 37.3 Å². The molecule has 0 spiro atoms. The van der Waals surface area contributed by atoms with Gasteiger partial charge in [-0.25, -0.2) is 0 Å². The van der Waals surface area contributed by atoms with Gasteiger partial charge in [0, 0.05) is 18.4 Å². The Morgan fingerprint density at radius 3 is 1.76 bits per heavy atom. The first-order chi connectivity index (χ1) is 7.44. The highest BCUT2D eigenvalue weighted by molar-refractivity contribution is 5.85. The number of ketones is 1. The molecule has 17 heavy (non-hydrogen) atoms. The fourth-order valence-corrected chi connectivity index (χ4v) is 2.36. The van der Waals surface area contributed by atoms with Crippen LogP contribution in [0.15, 0.2) is 0 Å². The Morgan fingerprint density at radius 1 is 1.00 bits per heavy atom. The molecule has 0 saturated heterocycles. The van der Waals surface area contributed by atoms with Crippen LogP contribution in [0.2, 0.25) is 0 Å². The summed E-state index contributed by atoms with van der Waals surface area (Å²) in [6.07, 6.45) is 1.95. The van der Waals surface area contributed by atoms with E-state index in [1.165, 1.54) is 0 Å². The van der Waals surface area contributed by atoms with Crippen LogP contribution >= 0.6 is 0 Å². The number of Topliss-reactive ketones (excluding diaryl/α,β-unsaturated/α-hetero) is 1. The lowest BCUT2D eigenvalue weighted by Crippen LogP contribution is -2.43. The van der Waals surface area contributed by atoms with Crippen molar-refractivity contribution in [2.75, 3.05) is 6.61 Å². The van der Waals surface area contributed by atoms with Gasteiger partial charge in [0.2, 0.25) is 0 Å². The summed E-state index contributed by atoms with van der Waals surface area (Å²) in [5.74, 6) is 0.286. The summed E-state index contributed by atoms with van der Waals surface area (Å²) in [4.78, 5) is 12.4. The van der Waals surface area contributed by atoms with E-state index in [0.29, 0.717) is 12.8 Å². The predicted molar refractivity (Wildman–Crippen MR) is 73.0 cm³/mol. The minimum atomic E-state index is -0.319. The SMILES string of the molecule is CC(C)(C)CC(C)(C(=O)CCCO)C(C)(C)C. The maximum atomic E-state index is 12.4. The Bertz CT molecular complexity index is 255. The molecule has 0 aromatic heterocycles. The Balaban J connectivity index is 5.05. The summed E-state index contributed by atoms with van der Waals surface area (Å²) in [5.41, 5.74) is -0.232. The van der Waals surface area contributed by atoms with Crippen molar-refractivity contribution in [3.8, 4) is 0 Å². The zero-order chi connectivity index (χ0) is 13.9. The van der Waals surface area contributed by atoms with Crippen molar-refractivity contribution < 1.29 is 9.90 Å². The van der Waals surface area contributed by atoms with Crippen molar-refractivity contribution in [3.05, 3.63) is 0 Å². The van der Waals surface area contributed by atoms with Crippen molar-refractivity contribution in [2.24, 2.45) is 16.2 Å². The average molecular weight is 242 g/mol. The second kappa shape index (κ2) is 5.51. The van der Waals surface area contributed by atoms with Crippen LogP contribution in [-0.4, -0.2) is 17.5 Å². The van der Waals surface area contributed by atoms with Crippen LogP contribution in [-0.2, 0) is 4.79 Å². The third kappa shape index (κ3) is 4.79. The van der Waals surface area contributed by atoms with Gasteiger partial charge in [0.25, 0.3) is 0 Å². The molecule has 0 heterocycles. The van der Waals surface area contributed by atoms with Crippen molar-refractivity contribution in [1.82, 2.24) is 0 Å². The van der Waals surface area contributed by atoms with E-state index in [9.17, 15) is 4.79 Å². The van der Waals surface area contributed by atoms with Gasteiger partial charge < -0.3 is 5.11 Å². The number of hydrogen-bond donors (Lipinski definition) is 1. The molecule has 0 rings (SSSR count). The first-order valence-corrected chi connectivity index (χ1v) is 6.58. The van der Waals surface area contributed by atoms with E-state index in [1.807, 2.05) is 0 Å². The number of carbonyl (C=O) groups is 1. The van der Waals surface area contributed by atoms with Gasteiger partial charge in [-0.3, -0.25) is 4.79 Å². The van der Waals surface area contributed by atoms with Gasteiger partial charge in [-0.1, -0.05) is 48.5 Å². The Labute approximate surface area is 107 Å². The molecule has 0 aromatic rings. The molecule has 0 aliphatic heterocycles. The highest BCUT2D eigenvalue weighted by atomic mass is 16.3. The number of aliphatic hydroxyl groups excluding tert-OH is 1. The maximum Gasteiger partial charge on any atom is 0.139 e. The van der Waals surface area contributed by atoms with E-state index < -0.39 is 0 Å². The van der Waals surface area contributed by atoms with Crippen LogP contribution < -0.4 is 0 Å². The highest BCUT2D eigenvalue weighted by Crippen LogP contribution is 2.47. The smallest absolute Gasteiger partial charge is 0.139 e. The lowest BCUT2D eigenvalue weighted by Gasteiger charge is -2.44. The molecule has 0 fully saturated rings. The molecule has 102 valence electrons. The lowest BCUT2D eigenvalue weighted by atomic mass is 9.59. The first-order valence-electron chi connectivity index (χ1n) is 6.58. The minimum Gasteiger partial charge on any atom is -0.396 e. The number of rotatable bonds is 5. The number of aliphatic hydroxyl groups is 1. The molecule has 0 bridgehead atoms. The third-order valence-electron chi connectivity index (χ3n) is 3.72. The largest absolute Gasteiger partial charge is 0.396 e. The summed E-state index contributed by atoms with van der Waals surface area (Å²) in [6.45, 7) is 15.1. The number of hydrogen-bond acceptors (Lipinski definition) is 2. The van der Waals surface area contributed by atoms with E-state index >= 15 is 0 Å². The quantitative estimate of drug-likeness (QED) is 0.796. The van der Waals surface area contributed by atoms with Gasteiger partial charge in [-0.15, -0.1) is 0 Å². The summed E-state index contributed by atoms with van der Waals surface area (Å²) in [7, 11) is 0. The van der Waals surface area contributed by atoms with Crippen LogP contribution in [0.4, 0.5) is 0 Å². The van der Waals surface area contributed by atoms with Crippen LogP contribution in [0.25, 0.3) is 0 Å². The Hall–Kier alpha value is -0.370. The summed E-state index contributed by atoms with van der Waals surface area (Å²) < 4.78 is 0. The zero-order valence-electron chi connectivity index (χ0n) is 12.7. The molecule has 0 saturated carbocycles. The summed E-state index contributed by atoms with van der Waals surface area (Å²) in [6, 6.07) is 0. The fourth-order valence-electron chi connectivity index (χ4n) is 2.36. The van der Waals surface area contributed by atoms with Crippen molar-refractivity contribution >= 4 is 5.78 Å². The average Bonchev–Trinajstić information content (AvgIpc) is 2.09. The predicted octanol–water partition coefficient (Wildman–Crippen LogP) is 3.82. The zero-order valence-corrected chi connectivity index (χ0v) is 12.7.